The number of halogens is 1. The average molecular weight is 282 g/mol. The molecule has 1 aliphatic heterocycles. The molecule has 4 heteroatoms. The van der Waals surface area contributed by atoms with E-state index in [0.717, 1.165) is 29.5 Å². The third kappa shape index (κ3) is 3.28. The normalized spacial score (nSPS) is 18.1. The number of rotatable bonds is 3. The van der Waals surface area contributed by atoms with Crippen LogP contribution in [0, 0.1) is 13.8 Å². The summed E-state index contributed by atoms with van der Waals surface area (Å²) in [6.07, 6.45) is 1.54. The highest BCUT2D eigenvalue weighted by Crippen LogP contribution is 2.23. The molecule has 1 heterocycles. The van der Waals surface area contributed by atoms with E-state index in [1.165, 1.54) is 0 Å². The number of carbonyl (C=O) groups is 1. The highest BCUT2D eigenvalue weighted by Gasteiger charge is 2.33. The zero-order valence-corrected chi connectivity index (χ0v) is 12.2. The lowest BCUT2D eigenvalue weighted by molar-refractivity contribution is 0.0433. The summed E-state index contributed by atoms with van der Waals surface area (Å²) >= 11 is 6.06. The fraction of sp³-hybridized carbons (Fsp3) is 0.533. The van der Waals surface area contributed by atoms with E-state index < -0.39 is 0 Å². The highest BCUT2D eigenvalue weighted by molar-refractivity contribution is 6.19. The van der Waals surface area contributed by atoms with Crippen molar-refractivity contribution in [3.05, 3.63) is 34.9 Å². The minimum Gasteiger partial charge on any atom is -0.381 e. The standard InChI is InChI=1S/C15H20ClNO2/c1-11-3-4-13(12(2)9-11)14(18)17-15(10-16)5-7-19-8-6-15/h3-4,9H,5-8,10H2,1-2H3,(H,17,18). The summed E-state index contributed by atoms with van der Waals surface area (Å²) in [7, 11) is 0. The molecule has 0 aliphatic carbocycles. The highest BCUT2D eigenvalue weighted by atomic mass is 35.5. The van der Waals surface area contributed by atoms with Gasteiger partial charge in [0.25, 0.3) is 5.91 Å². The first-order chi connectivity index (χ1) is 9.06. The van der Waals surface area contributed by atoms with E-state index in [0.29, 0.717) is 19.1 Å². The van der Waals surface area contributed by atoms with Crippen LogP contribution >= 0.6 is 11.6 Å². The van der Waals surface area contributed by atoms with Crippen LogP contribution in [0.5, 0.6) is 0 Å². The van der Waals surface area contributed by atoms with Crippen molar-refractivity contribution in [2.45, 2.75) is 32.2 Å². The number of alkyl halides is 1. The molecule has 0 aromatic heterocycles. The topological polar surface area (TPSA) is 38.3 Å². The maximum Gasteiger partial charge on any atom is 0.252 e. The second-order valence-electron chi connectivity index (χ2n) is 5.30. The summed E-state index contributed by atoms with van der Waals surface area (Å²) < 4.78 is 5.34. The number of hydrogen-bond donors (Lipinski definition) is 1. The lowest BCUT2D eigenvalue weighted by Gasteiger charge is -2.36. The van der Waals surface area contributed by atoms with Crippen LogP contribution in [0.1, 0.15) is 34.3 Å². The Morgan fingerprint density at radius 3 is 2.63 bits per heavy atom. The van der Waals surface area contributed by atoms with Crippen LogP contribution in [0.3, 0.4) is 0 Å². The lowest BCUT2D eigenvalue weighted by Crippen LogP contribution is -2.53. The number of benzene rings is 1. The molecule has 0 bridgehead atoms. The molecule has 0 unspecified atom stereocenters. The maximum absolute atomic E-state index is 12.4. The minimum absolute atomic E-state index is 0.0416. The van der Waals surface area contributed by atoms with E-state index in [1.807, 2.05) is 32.0 Å². The first kappa shape index (κ1) is 14.4. The quantitative estimate of drug-likeness (QED) is 0.865. The zero-order valence-electron chi connectivity index (χ0n) is 11.5. The van der Waals surface area contributed by atoms with Gasteiger partial charge >= 0.3 is 0 Å². The molecule has 1 amide bonds. The first-order valence-electron chi connectivity index (χ1n) is 6.60. The summed E-state index contributed by atoms with van der Waals surface area (Å²) in [5.41, 5.74) is 2.55. The molecular weight excluding hydrogens is 262 g/mol. The Morgan fingerprint density at radius 1 is 1.37 bits per heavy atom. The van der Waals surface area contributed by atoms with Crippen molar-refractivity contribution in [2.75, 3.05) is 19.1 Å². The monoisotopic (exact) mass is 281 g/mol. The van der Waals surface area contributed by atoms with Crippen molar-refractivity contribution in [2.24, 2.45) is 0 Å². The van der Waals surface area contributed by atoms with Crippen molar-refractivity contribution in [1.29, 1.82) is 0 Å². The van der Waals surface area contributed by atoms with Crippen LogP contribution < -0.4 is 5.32 Å². The van der Waals surface area contributed by atoms with Gasteiger partial charge in [0.1, 0.15) is 0 Å². The molecule has 19 heavy (non-hydrogen) atoms. The number of hydrogen-bond acceptors (Lipinski definition) is 2. The molecule has 1 aromatic rings. The molecule has 0 spiro atoms. The Hall–Kier alpha value is -1.06. The van der Waals surface area contributed by atoms with E-state index >= 15 is 0 Å². The van der Waals surface area contributed by atoms with Crippen LogP contribution in [0.2, 0.25) is 0 Å². The van der Waals surface area contributed by atoms with Gasteiger partial charge in [-0.05, 0) is 38.3 Å². The van der Waals surface area contributed by atoms with Crippen LogP contribution in [-0.4, -0.2) is 30.5 Å². The van der Waals surface area contributed by atoms with Gasteiger partial charge in [-0.1, -0.05) is 17.7 Å². The van der Waals surface area contributed by atoms with Crippen LogP contribution in [0.4, 0.5) is 0 Å². The fourth-order valence-corrected chi connectivity index (χ4v) is 2.76. The van der Waals surface area contributed by atoms with Crippen molar-refractivity contribution in [1.82, 2.24) is 5.32 Å². The van der Waals surface area contributed by atoms with Crippen molar-refractivity contribution >= 4 is 17.5 Å². The van der Waals surface area contributed by atoms with Gasteiger partial charge in [0.15, 0.2) is 0 Å². The van der Waals surface area contributed by atoms with Gasteiger partial charge in [-0.15, -0.1) is 11.6 Å². The van der Waals surface area contributed by atoms with Gasteiger partial charge in [0.05, 0.1) is 5.54 Å². The van der Waals surface area contributed by atoms with Crippen molar-refractivity contribution in [3.8, 4) is 0 Å². The van der Waals surface area contributed by atoms with E-state index in [-0.39, 0.29) is 11.4 Å². The minimum atomic E-state index is -0.325. The molecular formula is C15H20ClNO2. The molecule has 0 radical (unpaired) electrons. The average Bonchev–Trinajstić information content (AvgIpc) is 2.39. The molecule has 1 aliphatic rings. The predicted molar refractivity (Wildman–Crippen MR) is 76.9 cm³/mol. The molecule has 1 N–H and O–H groups in total. The smallest absolute Gasteiger partial charge is 0.252 e. The number of ether oxygens (including phenoxy) is 1. The van der Waals surface area contributed by atoms with Gasteiger partial charge in [-0.3, -0.25) is 4.79 Å². The Bertz CT molecular complexity index is 467. The summed E-state index contributed by atoms with van der Waals surface area (Å²) in [4.78, 5) is 12.4. The largest absolute Gasteiger partial charge is 0.381 e. The van der Waals surface area contributed by atoms with Crippen molar-refractivity contribution in [3.63, 3.8) is 0 Å². The number of aryl methyl sites for hydroxylation is 2. The Balaban J connectivity index is 2.15. The van der Waals surface area contributed by atoms with E-state index in [2.05, 4.69) is 5.32 Å². The maximum atomic E-state index is 12.4. The molecule has 1 aromatic carbocycles. The number of carbonyl (C=O) groups excluding carboxylic acids is 1. The second-order valence-corrected chi connectivity index (χ2v) is 5.57. The van der Waals surface area contributed by atoms with Gasteiger partial charge < -0.3 is 10.1 Å². The predicted octanol–water partition coefficient (Wildman–Crippen LogP) is 2.82. The van der Waals surface area contributed by atoms with Crippen LogP contribution in [0.15, 0.2) is 18.2 Å². The Morgan fingerprint density at radius 2 is 2.05 bits per heavy atom. The first-order valence-corrected chi connectivity index (χ1v) is 7.13. The summed E-state index contributed by atoms with van der Waals surface area (Å²) in [6, 6.07) is 5.85. The fourth-order valence-electron chi connectivity index (χ4n) is 2.43. The molecule has 0 saturated carbocycles. The van der Waals surface area contributed by atoms with Crippen LogP contribution in [-0.2, 0) is 4.74 Å². The van der Waals surface area contributed by atoms with Gasteiger partial charge in [0.2, 0.25) is 0 Å². The van der Waals surface area contributed by atoms with E-state index in [9.17, 15) is 4.79 Å². The summed E-state index contributed by atoms with van der Waals surface area (Å²) in [6.45, 7) is 5.28. The van der Waals surface area contributed by atoms with Crippen LogP contribution in [0.25, 0.3) is 0 Å². The van der Waals surface area contributed by atoms with E-state index in [4.69, 9.17) is 16.3 Å². The molecule has 104 valence electrons. The summed E-state index contributed by atoms with van der Waals surface area (Å²) in [5, 5.41) is 3.11. The van der Waals surface area contributed by atoms with Gasteiger partial charge in [-0.25, -0.2) is 0 Å². The zero-order chi connectivity index (χ0) is 13.9. The lowest BCUT2D eigenvalue weighted by atomic mass is 9.91. The van der Waals surface area contributed by atoms with Gasteiger partial charge in [0, 0.05) is 24.7 Å². The third-order valence-electron chi connectivity index (χ3n) is 3.71. The molecule has 3 nitrogen and oxygen atoms in total. The third-order valence-corrected chi connectivity index (χ3v) is 4.22. The van der Waals surface area contributed by atoms with E-state index in [1.54, 1.807) is 0 Å². The number of nitrogens with one attached hydrogen (secondary N) is 1. The Kier molecular flexibility index (Phi) is 4.48. The Labute approximate surface area is 119 Å². The molecule has 2 rings (SSSR count). The molecule has 0 atom stereocenters. The summed E-state index contributed by atoms with van der Waals surface area (Å²) in [5.74, 6) is 0.382. The molecule has 1 saturated heterocycles. The molecule has 1 fully saturated rings. The van der Waals surface area contributed by atoms with Gasteiger partial charge in [-0.2, -0.15) is 0 Å². The SMILES string of the molecule is Cc1ccc(C(=O)NC2(CCl)CCOCC2)c(C)c1. The van der Waals surface area contributed by atoms with Crippen molar-refractivity contribution < 1.29 is 9.53 Å². The second kappa shape index (κ2) is 5.93. The number of amides is 1.